The zero-order valence-electron chi connectivity index (χ0n) is 9.88. The predicted molar refractivity (Wildman–Crippen MR) is 76.0 cm³/mol. The lowest BCUT2D eigenvalue weighted by Gasteiger charge is -2.24. The first kappa shape index (κ1) is 11.9. The third-order valence-electron chi connectivity index (χ3n) is 3.71. The minimum atomic E-state index is 0.241. The van der Waals surface area contributed by atoms with Crippen molar-refractivity contribution in [2.75, 3.05) is 0 Å². The quantitative estimate of drug-likeness (QED) is 0.741. The second kappa shape index (κ2) is 4.84. The lowest BCUT2D eigenvalue weighted by Crippen LogP contribution is -2.14. The summed E-state index contributed by atoms with van der Waals surface area (Å²) in [6.45, 7) is 0. The molecule has 1 aliphatic carbocycles. The third kappa shape index (κ3) is 1.99. The van der Waals surface area contributed by atoms with Gasteiger partial charge in [-0.25, -0.2) is 4.52 Å². The summed E-state index contributed by atoms with van der Waals surface area (Å²) in [5.74, 6) is 0.716. The number of nitrogens with zero attached hydrogens (tertiary/aromatic N) is 4. The summed E-state index contributed by atoms with van der Waals surface area (Å²) in [5.41, 5.74) is 2.29. The number of halogens is 1. The van der Waals surface area contributed by atoms with E-state index < -0.39 is 0 Å². The molecule has 5 heteroatoms. The van der Waals surface area contributed by atoms with E-state index >= 15 is 0 Å². The summed E-state index contributed by atoms with van der Waals surface area (Å²) in [6, 6.07) is 2.38. The molecular formula is C13H13IN4. The predicted octanol–water partition coefficient (Wildman–Crippen LogP) is 3.13. The SMILES string of the molecule is N#C[C@H]1CC[C@@H](c2nccn3ncc(I)c23)CC1. The summed E-state index contributed by atoms with van der Waals surface area (Å²) in [5, 5.41) is 13.3. The van der Waals surface area contributed by atoms with Crippen molar-refractivity contribution in [3.05, 3.63) is 27.9 Å². The largest absolute Gasteiger partial charge is 0.257 e. The maximum atomic E-state index is 8.95. The third-order valence-corrected chi connectivity index (χ3v) is 4.50. The van der Waals surface area contributed by atoms with E-state index in [4.69, 9.17) is 5.26 Å². The molecule has 0 bridgehead atoms. The molecular weight excluding hydrogens is 339 g/mol. The fraction of sp³-hybridized carbons (Fsp3) is 0.462. The van der Waals surface area contributed by atoms with E-state index in [0.29, 0.717) is 5.92 Å². The lowest BCUT2D eigenvalue weighted by atomic mass is 9.81. The number of hydrogen-bond donors (Lipinski definition) is 0. The van der Waals surface area contributed by atoms with Crippen molar-refractivity contribution in [3.63, 3.8) is 0 Å². The highest BCUT2D eigenvalue weighted by molar-refractivity contribution is 14.1. The molecule has 92 valence electrons. The van der Waals surface area contributed by atoms with Gasteiger partial charge >= 0.3 is 0 Å². The highest BCUT2D eigenvalue weighted by atomic mass is 127. The summed E-state index contributed by atoms with van der Waals surface area (Å²) in [6.07, 6.45) is 9.70. The zero-order chi connectivity index (χ0) is 12.5. The summed E-state index contributed by atoms with van der Waals surface area (Å²) in [7, 11) is 0. The van der Waals surface area contributed by atoms with Gasteiger partial charge in [-0.2, -0.15) is 10.4 Å². The van der Waals surface area contributed by atoms with Gasteiger partial charge in [0.15, 0.2) is 0 Å². The molecule has 3 rings (SSSR count). The summed E-state index contributed by atoms with van der Waals surface area (Å²) in [4.78, 5) is 4.57. The van der Waals surface area contributed by atoms with E-state index in [1.807, 2.05) is 23.1 Å². The second-order valence-corrected chi connectivity index (χ2v) is 5.94. The average molecular weight is 352 g/mol. The van der Waals surface area contributed by atoms with Crippen LogP contribution in [0.15, 0.2) is 18.6 Å². The van der Waals surface area contributed by atoms with E-state index in [1.165, 1.54) is 0 Å². The van der Waals surface area contributed by atoms with Gasteiger partial charge in [0.2, 0.25) is 0 Å². The number of nitriles is 1. The van der Waals surface area contributed by atoms with Crippen molar-refractivity contribution in [2.45, 2.75) is 31.6 Å². The summed E-state index contributed by atoms with van der Waals surface area (Å²) < 4.78 is 3.05. The molecule has 1 aliphatic rings. The van der Waals surface area contributed by atoms with Gasteiger partial charge in [0, 0.05) is 24.2 Å². The van der Waals surface area contributed by atoms with Crippen LogP contribution in [-0.4, -0.2) is 14.6 Å². The number of rotatable bonds is 1. The van der Waals surface area contributed by atoms with Crippen molar-refractivity contribution >= 4 is 28.1 Å². The van der Waals surface area contributed by atoms with E-state index in [-0.39, 0.29) is 5.92 Å². The lowest BCUT2D eigenvalue weighted by molar-refractivity contribution is 0.378. The van der Waals surface area contributed by atoms with Crippen LogP contribution in [0.4, 0.5) is 0 Å². The number of fused-ring (bicyclic) bond motifs is 1. The monoisotopic (exact) mass is 352 g/mol. The van der Waals surface area contributed by atoms with Gasteiger partial charge in [0.25, 0.3) is 0 Å². The Hall–Kier alpha value is -1.16. The van der Waals surface area contributed by atoms with Crippen LogP contribution in [0.25, 0.3) is 5.52 Å². The van der Waals surface area contributed by atoms with Gasteiger partial charge in [-0.05, 0) is 48.3 Å². The molecule has 0 N–H and O–H groups in total. The van der Waals surface area contributed by atoms with Gasteiger partial charge in [-0.3, -0.25) is 4.98 Å². The Morgan fingerprint density at radius 2 is 2.11 bits per heavy atom. The fourth-order valence-electron chi connectivity index (χ4n) is 2.73. The van der Waals surface area contributed by atoms with Crippen LogP contribution >= 0.6 is 22.6 Å². The van der Waals surface area contributed by atoms with Crippen molar-refractivity contribution in [2.24, 2.45) is 5.92 Å². The molecule has 1 saturated carbocycles. The number of hydrogen-bond acceptors (Lipinski definition) is 3. The molecule has 0 radical (unpaired) electrons. The molecule has 0 aromatic carbocycles. The Morgan fingerprint density at radius 3 is 2.83 bits per heavy atom. The van der Waals surface area contributed by atoms with Gasteiger partial charge in [0.1, 0.15) is 5.52 Å². The van der Waals surface area contributed by atoms with Crippen LogP contribution in [0.5, 0.6) is 0 Å². The minimum Gasteiger partial charge on any atom is -0.257 e. The van der Waals surface area contributed by atoms with Crippen molar-refractivity contribution in [1.82, 2.24) is 14.6 Å². The average Bonchev–Trinajstić information content (AvgIpc) is 2.81. The van der Waals surface area contributed by atoms with Crippen molar-refractivity contribution in [3.8, 4) is 6.07 Å². The summed E-state index contributed by atoms with van der Waals surface area (Å²) >= 11 is 2.31. The van der Waals surface area contributed by atoms with E-state index in [0.717, 1.165) is 40.5 Å². The van der Waals surface area contributed by atoms with E-state index in [2.05, 4.69) is 38.7 Å². The Labute approximate surface area is 119 Å². The smallest absolute Gasteiger partial charge is 0.101 e. The molecule has 4 nitrogen and oxygen atoms in total. The van der Waals surface area contributed by atoms with E-state index in [1.54, 1.807) is 0 Å². The van der Waals surface area contributed by atoms with E-state index in [9.17, 15) is 0 Å². The van der Waals surface area contributed by atoms with Crippen LogP contribution in [0.3, 0.4) is 0 Å². The first-order valence-corrected chi connectivity index (χ1v) is 7.25. The highest BCUT2D eigenvalue weighted by Gasteiger charge is 2.25. The fourth-order valence-corrected chi connectivity index (χ4v) is 3.37. The highest BCUT2D eigenvalue weighted by Crippen LogP contribution is 2.36. The molecule has 2 aromatic heterocycles. The topological polar surface area (TPSA) is 54.0 Å². The molecule has 0 spiro atoms. The molecule has 2 aromatic rings. The standard InChI is InChI=1S/C13H13IN4/c14-11-8-17-18-6-5-16-12(13(11)18)10-3-1-9(7-15)2-4-10/h5-6,8-10H,1-4H2/t9-,10+. The van der Waals surface area contributed by atoms with Crippen LogP contribution < -0.4 is 0 Å². The van der Waals surface area contributed by atoms with Crippen LogP contribution in [0.2, 0.25) is 0 Å². The molecule has 0 unspecified atom stereocenters. The first-order chi connectivity index (χ1) is 8.79. The Kier molecular flexibility index (Phi) is 3.20. The van der Waals surface area contributed by atoms with Crippen LogP contribution in [-0.2, 0) is 0 Å². The Morgan fingerprint density at radius 1 is 1.33 bits per heavy atom. The maximum absolute atomic E-state index is 8.95. The van der Waals surface area contributed by atoms with Crippen molar-refractivity contribution < 1.29 is 0 Å². The molecule has 0 amide bonds. The molecule has 0 aliphatic heterocycles. The normalized spacial score (nSPS) is 24.0. The second-order valence-electron chi connectivity index (χ2n) is 4.78. The molecule has 1 fully saturated rings. The maximum Gasteiger partial charge on any atom is 0.101 e. The Bertz CT molecular complexity index is 605. The molecule has 18 heavy (non-hydrogen) atoms. The van der Waals surface area contributed by atoms with Crippen LogP contribution in [0.1, 0.15) is 37.3 Å². The van der Waals surface area contributed by atoms with Gasteiger partial charge < -0.3 is 0 Å². The van der Waals surface area contributed by atoms with Crippen LogP contribution in [0, 0.1) is 20.8 Å². The number of aromatic nitrogens is 3. The van der Waals surface area contributed by atoms with Gasteiger partial charge in [0.05, 0.1) is 21.5 Å². The zero-order valence-corrected chi connectivity index (χ0v) is 12.0. The van der Waals surface area contributed by atoms with Gasteiger partial charge in [-0.15, -0.1) is 0 Å². The van der Waals surface area contributed by atoms with Gasteiger partial charge in [-0.1, -0.05) is 0 Å². The Balaban J connectivity index is 1.96. The molecule has 2 heterocycles. The molecule has 0 saturated heterocycles. The molecule has 0 atom stereocenters. The van der Waals surface area contributed by atoms with Crippen molar-refractivity contribution in [1.29, 1.82) is 5.26 Å². The minimum absolute atomic E-state index is 0.241. The first-order valence-electron chi connectivity index (χ1n) is 6.17.